The summed E-state index contributed by atoms with van der Waals surface area (Å²) in [5, 5.41) is 0. The van der Waals surface area contributed by atoms with Crippen LogP contribution in [-0.2, 0) is 0 Å². The molecule has 0 fully saturated rings. The van der Waals surface area contributed by atoms with Gasteiger partial charge >= 0.3 is 0 Å². The molecule has 0 spiro atoms. The number of benzene rings is 2. The lowest BCUT2D eigenvalue weighted by molar-refractivity contribution is 0.103. The second-order valence-corrected chi connectivity index (χ2v) is 4.52. The molecule has 0 aliphatic carbocycles. The van der Waals surface area contributed by atoms with Crippen LogP contribution in [-0.4, -0.2) is 22.4 Å². The summed E-state index contributed by atoms with van der Waals surface area (Å²) in [5.74, 6) is 0.524. The van der Waals surface area contributed by atoms with Gasteiger partial charge in [-0.2, -0.15) is 0 Å². The molecule has 0 unspecified atom stereocenters. The van der Waals surface area contributed by atoms with Gasteiger partial charge in [-0.15, -0.1) is 0 Å². The third-order valence-electron chi connectivity index (χ3n) is 3.16. The first-order valence-corrected chi connectivity index (χ1v) is 6.77. The van der Waals surface area contributed by atoms with Gasteiger partial charge < -0.3 is 4.74 Å². The minimum absolute atomic E-state index is 0.0772. The number of fused-ring (bicyclic) bond motifs is 1. The lowest BCUT2D eigenvalue weighted by Crippen LogP contribution is -2.05. The first kappa shape index (κ1) is 13.2. The van der Waals surface area contributed by atoms with Crippen molar-refractivity contribution in [2.45, 2.75) is 6.92 Å². The van der Waals surface area contributed by atoms with E-state index in [-0.39, 0.29) is 5.78 Å². The number of carbonyl (C=O) groups excluding carboxylic acids is 1. The number of nitrogens with zero attached hydrogens (tertiary/aromatic N) is 2. The van der Waals surface area contributed by atoms with Crippen LogP contribution in [0.5, 0.6) is 5.75 Å². The Morgan fingerprint density at radius 2 is 1.81 bits per heavy atom. The van der Waals surface area contributed by atoms with Crippen molar-refractivity contribution in [2.75, 3.05) is 6.61 Å². The molecule has 3 rings (SSSR count). The third-order valence-corrected chi connectivity index (χ3v) is 3.16. The summed E-state index contributed by atoms with van der Waals surface area (Å²) in [4.78, 5) is 21.1. The lowest BCUT2D eigenvalue weighted by atomic mass is 10.0. The fraction of sp³-hybridized carbons (Fsp3) is 0.118. The Bertz CT molecular complexity index is 799. The monoisotopic (exact) mass is 278 g/mol. The maximum Gasteiger partial charge on any atom is 0.196 e. The minimum atomic E-state index is -0.0772. The summed E-state index contributed by atoms with van der Waals surface area (Å²) < 4.78 is 5.52. The Morgan fingerprint density at radius 1 is 1.05 bits per heavy atom. The van der Waals surface area contributed by atoms with Gasteiger partial charge in [-0.25, -0.2) is 0 Å². The SMILES string of the molecule is CCOc1ccccc1C(=O)c1ccc2nccnc2c1. The van der Waals surface area contributed by atoms with Crippen LogP contribution in [0, 0.1) is 0 Å². The smallest absolute Gasteiger partial charge is 0.196 e. The van der Waals surface area contributed by atoms with Crippen LogP contribution in [0.3, 0.4) is 0 Å². The second kappa shape index (κ2) is 5.71. The quantitative estimate of drug-likeness (QED) is 0.687. The Hall–Kier alpha value is -2.75. The van der Waals surface area contributed by atoms with E-state index in [1.807, 2.05) is 19.1 Å². The molecule has 21 heavy (non-hydrogen) atoms. The van der Waals surface area contributed by atoms with Gasteiger partial charge in [0, 0.05) is 18.0 Å². The van der Waals surface area contributed by atoms with Crippen LogP contribution in [0.1, 0.15) is 22.8 Å². The number of carbonyl (C=O) groups is 1. The molecule has 0 bridgehead atoms. The number of para-hydroxylation sites is 1. The molecule has 0 aliphatic rings. The minimum Gasteiger partial charge on any atom is -0.493 e. The number of ether oxygens (including phenoxy) is 1. The Kier molecular flexibility index (Phi) is 3.60. The lowest BCUT2D eigenvalue weighted by Gasteiger charge is -2.09. The fourth-order valence-corrected chi connectivity index (χ4v) is 2.20. The van der Waals surface area contributed by atoms with Crippen molar-refractivity contribution in [2.24, 2.45) is 0 Å². The van der Waals surface area contributed by atoms with E-state index in [0.29, 0.717) is 29.0 Å². The van der Waals surface area contributed by atoms with Gasteiger partial charge in [0.05, 0.1) is 23.2 Å². The van der Waals surface area contributed by atoms with Crippen molar-refractivity contribution in [3.63, 3.8) is 0 Å². The van der Waals surface area contributed by atoms with E-state index in [2.05, 4.69) is 9.97 Å². The fourth-order valence-electron chi connectivity index (χ4n) is 2.20. The van der Waals surface area contributed by atoms with Crippen LogP contribution in [0.25, 0.3) is 11.0 Å². The zero-order chi connectivity index (χ0) is 14.7. The van der Waals surface area contributed by atoms with Gasteiger partial charge in [0.15, 0.2) is 5.78 Å². The number of hydrogen-bond acceptors (Lipinski definition) is 4. The van der Waals surface area contributed by atoms with Crippen LogP contribution in [0.2, 0.25) is 0 Å². The molecule has 104 valence electrons. The van der Waals surface area contributed by atoms with E-state index in [4.69, 9.17) is 4.74 Å². The molecular weight excluding hydrogens is 264 g/mol. The molecule has 0 atom stereocenters. The van der Waals surface area contributed by atoms with Gasteiger partial charge in [-0.3, -0.25) is 14.8 Å². The van der Waals surface area contributed by atoms with Crippen molar-refractivity contribution in [3.8, 4) is 5.75 Å². The van der Waals surface area contributed by atoms with Gasteiger partial charge in [-0.05, 0) is 37.3 Å². The summed E-state index contributed by atoms with van der Waals surface area (Å²) in [6, 6.07) is 12.6. The predicted octanol–water partition coefficient (Wildman–Crippen LogP) is 3.26. The molecule has 0 aliphatic heterocycles. The highest BCUT2D eigenvalue weighted by Gasteiger charge is 2.14. The standard InChI is InChI=1S/C17H14N2O2/c1-2-21-16-6-4-3-5-13(16)17(20)12-7-8-14-15(11-12)19-10-9-18-14/h3-11H,2H2,1H3. The van der Waals surface area contributed by atoms with Crippen LogP contribution >= 0.6 is 0 Å². The van der Waals surface area contributed by atoms with E-state index < -0.39 is 0 Å². The van der Waals surface area contributed by atoms with Crippen LogP contribution < -0.4 is 4.74 Å². The van der Waals surface area contributed by atoms with Gasteiger partial charge in [-0.1, -0.05) is 12.1 Å². The van der Waals surface area contributed by atoms with Crippen molar-refractivity contribution in [1.82, 2.24) is 9.97 Å². The largest absolute Gasteiger partial charge is 0.493 e. The highest BCUT2D eigenvalue weighted by molar-refractivity contribution is 6.11. The summed E-state index contributed by atoms with van der Waals surface area (Å²) >= 11 is 0. The van der Waals surface area contributed by atoms with Crippen molar-refractivity contribution >= 4 is 16.8 Å². The normalized spacial score (nSPS) is 10.5. The molecule has 0 amide bonds. The molecular formula is C17H14N2O2. The first-order chi connectivity index (χ1) is 10.3. The Balaban J connectivity index is 2.04. The third kappa shape index (κ3) is 2.60. The molecule has 4 heteroatoms. The molecule has 0 saturated carbocycles. The number of aromatic nitrogens is 2. The van der Waals surface area contributed by atoms with E-state index in [9.17, 15) is 4.79 Å². The van der Waals surface area contributed by atoms with Crippen LogP contribution in [0.4, 0.5) is 0 Å². The average Bonchev–Trinajstić information content (AvgIpc) is 2.54. The van der Waals surface area contributed by atoms with E-state index >= 15 is 0 Å². The maximum atomic E-state index is 12.7. The highest BCUT2D eigenvalue weighted by atomic mass is 16.5. The average molecular weight is 278 g/mol. The molecule has 0 radical (unpaired) electrons. The Morgan fingerprint density at radius 3 is 2.62 bits per heavy atom. The van der Waals surface area contributed by atoms with Gasteiger partial charge in [0.1, 0.15) is 5.75 Å². The van der Waals surface area contributed by atoms with E-state index in [0.717, 1.165) is 5.52 Å². The van der Waals surface area contributed by atoms with E-state index in [1.165, 1.54) is 0 Å². The molecule has 4 nitrogen and oxygen atoms in total. The Labute approximate surface area is 122 Å². The molecule has 2 aromatic carbocycles. The zero-order valence-corrected chi connectivity index (χ0v) is 11.6. The van der Waals surface area contributed by atoms with Crippen molar-refractivity contribution < 1.29 is 9.53 Å². The molecule has 3 aromatic rings. The molecule has 0 saturated heterocycles. The molecule has 1 heterocycles. The van der Waals surface area contributed by atoms with Crippen molar-refractivity contribution in [1.29, 1.82) is 0 Å². The molecule has 1 aromatic heterocycles. The predicted molar refractivity (Wildman–Crippen MR) is 80.6 cm³/mol. The second-order valence-electron chi connectivity index (χ2n) is 4.52. The summed E-state index contributed by atoms with van der Waals surface area (Å²) in [7, 11) is 0. The summed E-state index contributed by atoms with van der Waals surface area (Å²) in [6.07, 6.45) is 3.25. The highest BCUT2D eigenvalue weighted by Crippen LogP contribution is 2.22. The maximum absolute atomic E-state index is 12.7. The summed E-state index contributed by atoms with van der Waals surface area (Å²) in [5.41, 5.74) is 2.61. The van der Waals surface area contributed by atoms with Gasteiger partial charge in [0.2, 0.25) is 0 Å². The number of hydrogen-bond donors (Lipinski definition) is 0. The summed E-state index contributed by atoms with van der Waals surface area (Å²) in [6.45, 7) is 2.42. The van der Waals surface area contributed by atoms with Crippen molar-refractivity contribution in [3.05, 3.63) is 66.0 Å². The number of rotatable bonds is 4. The zero-order valence-electron chi connectivity index (χ0n) is 11.6. The first-order valence-electron chi connectivity index (χ1n) is 6.77. The number of ketones is 1. The van der Waals surface area contributed by atoms with Gasteiger partial charge in [0.25, 0.3) is 0 Å². The van der Waals surface area contributed by atoms with E-state index in [1.54, 1.807) is 42.7 Å². The van der Waals surface area contributed by atoms with Crippen LogP contribution in [0.15, 0.2) is 54.9 Å². The topological polar surface area (TPSA) is 52.1 Å². The molecule has 0 N–H and O–H groups in total.